The second kappa shape index (κ2) is 6.46. The molecule has 0 saturated heterocycles. The summed E-state index contributed by atoms with van der Waals surface area (Å²) in [5, 5.41) is 5.53. The van der Waals surface area contributed by atoms with Crippen LogP contribution in [0.25, 0.3) is 11.1 Å². The molecule has 0 saturated carbocycles. The Morgan fingerprint density at radius 2 is 2.00 bits per heavy atom. The lowest BCUT2D eigenvalue weighted by molar-refractivity contribution is 0.0919. The molecule has 1 unspecified atom stereocenters. The van der Waals surface area contributed by atoms with Gasteiger partial charge in [0.2, 0.25) is 0 Å². The van der Waals surface area contributed by atoms with E-state index >= 15 is 0 Å². The first-order chi connectivity index (χ1) is 13.0. The summed E-state index contributed by atoms with van der Waals surface area (Å²) in [4.78, 5) is 16.2. The van der Waals surface area contributed by atoms with Gasteiger partial charge in [-0.25, -0.2) is 13.2 Å². The second-order valence-electron chi connectivity index (χ2n) is 6.31. The number of rotatable bonds is 3. The van der Waals surface area contributed by atoms with Gasteiger partial charge in [-0.3, -0.25) is 9.78 Å². The summed E-state index contributed by atoms with van der Waals surface area (Å²) >= 11 is 0. The molecule has 0 bridgehead atoms. The van der Waals surface area contributed by atoms with Gasteiger partial charge in [-0.15, -0.1) is 0 Å². The van der Waals surface area contributed by atoms with Crippen LogP contribution in [0.1, 0.15) is 23.5 Å². The third kappa shape index (κ3) is 2.83. The molecule has 0 fully saturated rings. The summed E-state index contributed by atoms with van der Waals surface area (Å²) < 4.78 is 43.9. The Morgan fingerprint density at radius 1 is 1.19 bits per heavy atom. The van der Waals surface area contributed by atoms with E-state index in [1.165, 1.54) is 24.4 Å². The van der Waals surface area contributed by atoms with Gasteiger partial charge in [0.25, 0.3) is 5.91 Å². The number of amides is 1. The molecule has 1 aliphatic rings. The number of nitrogens with zero attached hydrogens (tertiary/aromatic N) is 2. The summed E-state index contributed by atoms with van der Waals surface area (Å²) in [6, 6.07) is 5.06. The van der Waals surface area contributed by atoms with E-state index in [0.29, 0.717) is 12.1 Å². The largest absolute Gasteiger partial charge is 0.351 e. The van der Waals surface area contributed by atoms with E-state index in [2.05, 4.69) is 15.6 Å². The molecule has 5 nitrogen and oxygen atoms in total. The number of benzene rings is 1. The predicted octanol–water partition coefficient (Wildman–Crippen LogP) is 4.02. The molecule has 1 atom stereocenters. The zero-order chi connectivity index (χ0) is 19.1. The van der Waals surface area contributed by atoms with Crippen LogP contribution in [0.2, 0.25) is 0 Å². The van der Waals surface area contributed by atoms with Crippen molar-refractivity contribution >= 4 is 17.3 Å². The van der Waals surface area contributed by atoms with Crippen molar-refractivity contribution in [2.45, 2.75) is 13.0 Å². The number of fused-ring (bicyclic) bond motifs is 1. The van der Waals surface area contributed by atoms with Gasteiger partial charge in [-0.1, -0.05) is 6.07 Å². The Kier molecular flexibility index (Phi) is 4.10. The number of pyridine rings is 1. The maximum absolute atomic E-state index is 14.4. The first-order valence-corrected chi connectivity index (χ1v) is 8.31. The standard InChI is InChI=1S/C19H15F3N4O/c1-10-7-24-19(27)18-17(25-15-4-2-3-13(20)16(15)22)12(9-26(10)18)11-5-6-23-8-14(11)21/h2-6,8-10,25H,7H2,1H3,(H,24,27). The van der Waals surface area contributed by atoms with E-state index in [9.17, 15) is 18.0 Å². The zero-order valence-corrected chi connectivity index (χ0v) is 14.3. The van der Waals surface area contributed by atoms with Crippen molar-refractivity contribution < 1.29 is 18.0 Å². The van der Waals surface area contributed by atoms with Crippen molar-refractivity contribution in [1.82, 2.24) is 14.9 Å². The fourth-order valence-electron chi connectivity index (χ4n) is 3.19. The van der Waals surface area contributed by atoms with Crippen LogP contribution in [-0.2, 0) is 0 Å². The highest BCUT2D eigenvalue weighted by molar-refractivity contribution is 6.04. The van der Waals surface area contributed by atoms with Crippen LogP contribution >= 0.6 is 0 Å². The lowest BCUT2D eigenvalue weighted by atomic mass is 10.1. The van der Waals surface area contributed by atoms with Crippen LogP contribution in [0.4, 0.5) is 24.5 Å². The second-order valence-corrected chi connectivity index (χ2v) is 6.31. The Morgan fingerprint density at radius 3 is 2.78 bits per heavy atom. The Bertz CT molecular complexity index is 1050. The minimum absolute atomic E-state index is 0.0887. The third-order valence-electron chi connectivity index (χ3n) is 4.55. The summed E-state index contributed by atoms with van der Waals surface area (Å²) in [6.45, 7) is 2.30. The molecule has 3 heterocycles. The molecule has 1 aromatic carbocycles. The molecule has 8 heteroatoms. The van der Waals surface area contributed by atoms with Gasteiger partial charge in [0.15, 0.2) is 11.6 Å². The van der Waals surface area contributed by atoms with E-state index in [1.54, 1.807) is 10.8 Å². The summed E-state index contributed by atoms with van der Waals surface area (Å²) in [7, 11) is 0. The molecule has 2 aromatic heterocycles. The third-order valence-corrected chi connectivity index (χ3v) is 4.55. The number of anilines is 2. The zero-order valence-electron chi connectivity index (χ0n) is 14.3. The number of hydrogen-bond acceptors (Lipinski definition) is 3. The van der Waals surface area contributed by atoms with Gasteiger partial charge >= 0.3 is 0 Å². The molecule has 0 spiro atoms. The Labute approximate surface area is 152 Å². The van der Waals surface area contributed by atoms with Crippen molar-refractivity contribution in [2.24, 2.45) is 0 Å². The smallest absolute Gasteiger partial charge is 0.270 e. The maximum Gasteiger partial charge on any atom is 0.270 e. The predicted molar refractivity (Wildman–Crippen MR) is 94.3 cm³/mol. The Balaban J connectivity index is 1.94. The molecular formula is C19H15F3N4O. The fourth-order valence-corrected chi connectivity index (χ4v) is 3.19. The van der Waals surface area contributed by atoms with E-state index in [4.69, 9.17) is 0 Å². The highest BCUT2D eigenvalue weighted by Crippen LogP contribution is 2.39. The molecule has 138 valence electrons. The molecule has 3 aromatic rings. The molecule has 1 amide bonds. The summed E-state index contributed by atoms with van der Waals surface area (Å²) in [5.41, 5.74) is 0.840. The maximum atomic E-state index is 14.4. The number of carbonyl (C=O) groups is 1. The van der Waals surface area contributed by atoms with Crippen LogP contribution in [0.5, 0.6) is 0 Å². The molecule has 0 radical (unpaired) electrons. The van der Waals surface area contributed by atoms with Gasteiger partial charge in [0, 0.05) is 36.1 Å². The van der Waals surface area contributed by atoms with Crippen LogP contribution in [0, 0.1) is 17.5 Å². The van der Waals surface area contributed by atoms with Crippen molar-refractivity contribution in [2.75, 3.05) is 11.9 Å². The first kappa shape index (κ1) is 17.1. The number of carbonyl (C=O) groups excluding carboxylic acids is 1. The molecule has 2 N–H and O–H groups in total. The topological polar surface area (TPSA) is 59.0 Å². The number of hydrogen-bond donors (Lipinski definition) is 2. The van der Waals surface area contributed by atoms with E-state index in [1.807, 2.05) is 6.92 Å². The quantitative estimate of drug-likeness (QED) is 0.730. The summed E-state index contributed by atoms with van der Waals surface area (Å²) in [5.74, 6) is -3.07. The fraction of sp³-hybridized carbons (Fsp3) is 0.158. The van der Waals surface area contributed by atoms with Gasteiger partial charge in [0.05, 0.1) is 17.6 Å². The molecule has 4 rings (SSSR count). The molecule has 1 aliphatic heterocycles. The van der Waals surface area contributed by atoms with E-state index in [-0.39, 0.29) is 34.6 Å². The van der Waals surface area contributed by atoms with Crippen LogP contribution < -0.4 is 10.6 Å². The lowest BCUT2D eigenvalue weighted by Crippen LogP contribution is -2.37. The Hall–Kier alpha value is -3.29. The van der Waals surface area contributed by atoms with E-state index in [0.717, 1.165) is 12.3 Å². The van der Waals surface area contributed by atoms with Crippen molar-refractivity contribution in [3.8, 4) is 11.1 Å². The number of aromatic nitrogens is 2. The van der Waals surface area contributed by atoms with Crippen molar-refractivity contribution in [3.05, 3.63) is 66.0 Å². The highest BCUT2D eigenvalue weighted by atomic mass is 19.2. The van der Waals surface area contributed by atoms with Crippen LogP contribution in [0.15, 0.2) is 42.9 Å². The highest BCUT2D eigenvalue weighted by Gasteiger charge is 2.30. The van der Waals surface area contributed by atoms with Gasteiger partial charge in [-0.2, -0.15) is 0 Å². The minimum Gasteiger partial charge on any atom is -0.351 e. The molecular weight excluding hydrogens is 357 g/mol. The monoisotopic (exact) mass is 372 g/mol. The normalized spacial score (nSPS) is 16.0. The van der Waals surface area contributed by atoms with Crippen LogP contribution in [-0.4, -0.2) is 22.0 Å². The SMILES string of the molecule is CC1CNC(=O)c2c(Nc3cccc(F)c3F)c(-c3ccncc3F)cn21. The van der Waals surface area contributed by atoms with Gasteiger partial charge < -0.3 is 15.2 Å². The number of nitrogens with one attached hydrogen (secondary N) is 2. The summed E-state index contributed by atoms with van der Waals surface area (Å²) in [6.07, 6.45) is 4.11. The number of halogens is 3. The molecule has 27 heavy (non-hydrogen) atoms. The van der Waals surface area contributed by atoms with Gasteiger partial charge in [0.1, 0.15) is 11.5 Å². The molecule has 0 aliphatic carbocycles. The average molecular weight is 372 g/mol. The van der Waals surface area contributed by atoms with Crippen molar-refractivity contribution in [1.29, 1.82) is 0 Å². The average Bonchev–Trinajstić information content (AvgIpc) is 3.03. The van der Waals surface area contributed by atoms with Crippen LogP contribution in [0.3, 0.4) is 0 Å². The van der Waals surface area contributed by atoms with Crippen molar-refractivity contribution in [3.63, 3.8) is 0 Å². The lowest BCUT2D eigenvalue weighted by Gasteiger charge is -2.24. The first-order valence-electron chi connectivity index (χ1n) is 8.31. The van der Waals surface area contributed by atoms with E-state index < -0.39 is 17.5 Å². The minimum atomic E-state index is -1.08. The van der Waals surface area contributed by atoms with Gasteiger partial charge in [-0.05, 0) is 25.1 Å².